The quantitative estimate of drug-likeness (QED) is 0.520. The maximum atomic E-state index is 12.9. The van der Waals surface area contributed by atoms with Gasteiger partial charge < -0.3 is 14.7 Å². The lowest BCUT2D eigenvalue weighted by Crippen LogP contribution is -2.48. The van der Waals surface area contributed by atoms with Gasteiger partial charge in [0.2, 0.25) is 0 Å². The molecule has 3 aromatic rings. The van der Waals surface area contributed by atoms with Gasteiger partial charge >= 0.3 is 6.09 Å². The molecule has 34 heavy (non-hydrogen) atoms. The summed E-state index contributed by atoms with van der Waals surface area (Å²) >= 11 is 1.61. The van der Waals surface area contributed by atoms with Crippen molar-refractivity contribution in [1.29, 1.82) is 0 Å². The smallest absolute Gasteiger partial charge is 0.409 e. The van der Waals surface area contributed by atoms with Crippen LogP contribution in [0.4, 0.5) is 4.79 Å². The van der Waals surface area contributed by atoms with Crippen molar-refractivity contribution in [3.63, 3.8) is 0 Å². The number of nitrogens with zero attached hydrogens (tertiary/aromatic N) is 2. The maximum Gasteiger partial charge on any atom is 0.409 e. The Morgan fingerprint density at radius 3 is 2.24 bits per heavy atom. The zero-order valence-electron chi connectivity index (χ0n) is 20.1. The van der Waals surface area contributed by atoms with E-state index in [0.29, 0.717) is 39.0 Å². The molecule has 0 radical (unpaired) electrons. The molecule has 0 saturated carbocycles. The molecule has 1 saturated heterocycles. The van der Waals surface area contributed by atoms with Crippen LogP contribution in [-0.4, -0.2) is 46.4 Å². The Bertz CT molecular complexity index is 1140. The second-order valence-electron chi connectivity index (χ2n) is 10.6. The second kappa shape index (κ2) is 8.82. The van der Waals surface area contributed by atoms with Crippen molar-refractivity contribution in [3.8, 4) is 11.1 Å². The highest BCUT2D eigenvalue weighted by Crippen LogP contribution is 2.44. The molecule has 6 heteroatoms. The topological polar surface area (TPSA) is 62.7 Å². The zero-order chi connectivity index (χ0) is 23.9. The first-order chi connectivity index (χ1) is 16.2. The SMILES string of the molecule is CC(C)(C)c1csc(CC2(O)CCN(C(=O)OCC3c4ccccc4-c4ccccc43)CC2)n1. The fourth-order valence-electron chi connectivity index (χ4n) is 4.99. The molecule has 2 aliphatic rings. The van der Waals surface area contributed by atoms with E-state index in [1.165, 1.54) is 22.3 Å². The Kier molecular flexibility index (Phi) is 5.98. The number of amides is 1. The van der Waals surface area contributed by atoms with Gasteiger partial charge in [0.15, 0.2) is 0 Å². The number of piperidine rings is 1. The predicted molar refractivity (Wildman–Crippen MR) is 135 cm³/mol. The van der Waals surface area contributed by atoms with Crippen molar-refractivity contribution in [2.24, 2.45) is 0 Å². The molecule has 2 heterocycles. The summed E-state index contributed by atoms with van der Waals surface area (Å²) in [6.07, 6.45) is 1.29. The normalized spacial score (nSPS) is 17.4. The number of hydrogen-bond donors (Lipinski definition) is 1. The van der Waals surface area contributed by atoms with Gasteiger partial charge in [0.25, 0.3) is 0 Å². The number of thiazole rings is 1. The van der Waals surface area contributed by atoms with E-state index in [4.69, 9.17) is 9.72 Å². The summed E-state index contributed by atoms with van der Waals surface area (Å²) in [6, 6.07) is 16.7. The molecule has 1 N–H and O–H groups in total. The molecule has 2 aromatic carbocycles. The lowest BCUT2D eigenvalue weighted by Gasteiger charge is -2.37. The van der Waals surface area contributed by atoms with Crippen LogP contribution in [0.25, 0.3) is 11.1 Å². The van der Waals surface area contributed by atoms with Crippen LogP contribution >= 0.6 is 11.3 Å². The number of aromatic nitrogens is 1. The van der Waals surface area contributed by atoms with Crippen LogP contribution in [0.1, 0.15) is 61.4 Å². The third-order valence-corrected chi connectivity index (χ3v) is 7.94. The Morgan fingerprint density at radius 2 is 1.68 bits per heavy atom. The highest BCUT2D eigenvalue weighted by Gasteiger charge is 2.36. The average molecular weight is 477 g/mol. The number of carbonyl (C=O) groups is 1. The van der Waals surface area contributed by atoms with Crippen LogP contribution in [0, 0.1) is 0 Å². The maximum absolute atomic E-state index is 12.9. The van der Waals surface area contributed by atoms with Crippen molar-refractivity contribution in [3.05, 3.63) is 75.7 Å². The van der Waals surface area contributed by atoms with Gasteiger partial charge in [0.1, 0.15) is 6.61 Å². The molecule has 1 fully saturated rings. The molecule has 1 aliphatic heterocycles. The van der Waals surface area contributed by atoms with Crippen molar-refractivity contribution in [1.82, 2.24) is 9.88 Å². The average Bonchev–Trinajstić information content (AvgIpc) is 3.40. The standard InChI is InChI=1S/C28H32N2O3S/c1-27(2,3)24-18-34-25(29-24)16-28(32)12-14-30(15-13-28)26(31)33-17-23-21-10-6-4-8-19(21)20-9-5-7-11-22(20)23/h4-11,18,23,32H,12-17H2,1-3H3. The van der Waals surface area contributed by atoms with Crippen LogP contribution in [0.5, 0.6) is 0 Å². The Morgan fingerprint density at radius 1 is 1.09 bits per heavy atom. The number of ether oxygens (including phenoxy) is 1. The van der Waals surface area contributed by atoms with Gasteiger partial charge in [-0.3, -0.25) is 0 Å². The minimum absolute atomic E-state index is 0.00480. The summed E-state index contributed by atoms with van der Waals surface area (Å²) in [7, 11) is 0. The van der Waals surface area contributed by atoms with Gasteiger partial charge in [-0.05, 0) is 35.1 Å². The van der Waals surface area contributed by atoms with E-state index in [2.05, 4.69) is 62.5 Å². The van der Waals surface area contributed by atoms with E-state index in [1.54, 1.807) is 16.2 Å². The third kappa shape index (κ3) is 4.49. The molecule has 1 amide bonds. The lowest BCUT2D eigenvalue weighted by atomic mass is 9.88. The molecule has 1 aliphatic carbocycles. The molecular weight excluding hydrogens is 444 g/mol. The van der Waals surface area contributed by atoms with Gasteiger partial charge in [0, 0.05) is 36.2 Å². The van der Waals surface area contributed by atoms with Crippen LogP contribution in [0.15, 0.2) is 53.9 Å². The Labute approximate surface area is 205 Å². The summed E-state index contributed by atoms with van der Waals surface area (Å²) < 4.78 is 5.80. The summed E-state index contributed by atoms with van der Waals surface area (Å²) in [6.45, 7) is 7.74. The van der Waals surface area contributed by atoms with Gasteiger partial charge in [-0.15, -0.1) is 11.3 Å². The Balaban J connectivity index is 1.18. The van der Waals surface area contributed by atoms with E-state index in [0.717, 1.165) is 10.7 Å². The number of hydrogen-bond acceptors (Lipinski definition) is 5. The number of benzene rings is 2. The van der Waals surface area contributed by atoms with E-state index < -0.39 is 5.60 Å². The zero-order valence-corrected chi connectivity index (χ0v) is 20.9. The Hall–Kier alpha value is -2.70. The number of aliphatic hydroxyl groups is 1. The number of carbonyl (C=O) groups excluding carboxylic acids is 1. The molecule has 5 nitrogen and oxygen atoms in total. The second-order valence-corrected chi connectivity index (χ2v) is 11.5. The van der Waals surface area contributed by atoms with Crippen molar-refractivity contribution >= 4 is 17.4 Å². The molecule has 0 atom stereocenters. The minimum Gasteiger partial charge on any atom is -0.448 e. The minimum atomic E-state index is -0.826. The van der Waals surface area contributed by atoms with Gasteiger partial charge in [0.05, 0.1) is 16.3 Å². The summed E-state index contributed by atoms with van der Waals surface area (Å²) in [5, 5.41) is 14.2. The monoisotopic (exact) mass is 476 g/mol. The van der Waals surface area contributed by atoms with E-state index in [9.17, 15) is 9.90 Å². The first-order valence-corrected chi connectivity index (χ1v) is 12.9. The molecule has 178 valence electrons. The highest BCUT2D eigenvalue weighted by atomic mass is 32.1. The fourth-order valence-corrected chi connectivity index (χ4v) is 6.14. The first-order valence-electron chi connectivity index (χ1n) is 12.0. The van der Waals surface area contributed by atoms with Crippen LogP contribution in [0.3, 0.4) is 0 Å². The molecule has 0 spiro atoms. The number of fused-ring (bicyclic) bond motifs is 3. The van der Waals surface area contributed by atoms with Crippen molar-refractivity contribution in [2.45, 2.75) is 57.0 Å². The lowest BCUT2D eigenvalue weighted by molar-refractivity contribution is -0.0201. The van der Waals surface area contributed by atoms with Crippen molar-refractivity contribution in [2.75, 3.05) is 19.7 Å². The van der Waals surface area contributed by atoms with E-state index in [-0.39, 0.29) is 17.4 Å². The first kappa shape index (κ1) is 23.1. The summed E-state index contributed by atoms with van der Waals surface area (Å²) in [4.78, 5) is 19.3. The van der Waals surface area contributed by atoms with E-state index >= 15 is 0 Å². The van der Waals surface area contributed by atoms with Crippen LogP contribution < -0.4 is 0 Å². The summed E-state index contributed by atoms with van der Waals surface area (Å²) in [5.41, 5.74) is 5.10. The van der Waals surface area contributed by atoms with Gasteiger partial charge in [-0.25, -0.2) is 9.78 Å². The molecule has 0 bridgehead atoms. The molecule has 5 rings (SSSR count). The van der Waals surface area contributed by atoms with Gasteiger partial charge in [-0.1, -0.05) is 69.3 Å². The van der Waals surface area contributed by atoms with Crippen LogP contribution in [0.2, 0.25) is 0 Å². The highest BCUT2D eigenvalue weighted by molar-refractivity contribution is 7.09. The van der Waals surface area contributed by atoms with Crippen molar-refractivity contribution < 1.29 is 14.6 Å². The molecular formula is C28H32N2O3S. The predicted octanol–water partition coefficient (Wildman–Crippen LogP) is 5.76. The number of likely N-dealkylation sites (tertiary alicyclic amines) is 1. The largest absolute Gasteiger partial charge is 0.448 e. The van der Waals surface area contributed by atoms with Crippen LogP contribution in [-0.2, 0) is 16.6 Å². The number of rotatable bonds is 4. The van der Waals surface area contributed by atoms with Gasteiger partial charge in [-0.2, -0.15) is 0 Å². The fraction of sp³-hybridized carbons (Fsp3) is 0.429. The molecule has 0 unspecified atom stereocenters. The summed E-state index contributed by atoms with van der Waals surface area (Å²) in [5.74, 6) is 0.0555. The third-order valence-electron chi connectivity index (χ3n) is 7.09. The van der Waals surface area contributed by atoms with E-state index in [1.807, 2.05) is 12.1 Å². The molecule has 1 aromatic heterocycles.